The molecule has 0 saturated heterocycles. The second kappa shape index (κ2) is 7.59. The molecule has 0 atom stereocenters. The number of nitrogens with zero attached hydrogens (tertiary/aromatic N) is 3. The van der Waals surface area contributed by atoms with Crippen LogP contribution in [0, 0.1) is 0 Å². The molecule has 0 fully saturated rings. The molecule has 1 N–H and O–H groups in total. The normalized spacial score (nSPS) is 12.2. The molecular weight excluding hydrogens is 270 g/mol. The van der Waals surface area contributed by atoms with E-state index in [1.165, 1.54) is 28.4 Å². The van der Waals surface area contributed by atoms with Gasteiger partial charge in [0, 0.05) is 39.5 Å². The lowest BCUT2D eigenvalue weighted by Crippen LogP contribution is -2.30. The van der Waals surface area contributed by atoms with Gasteiger partial charge in [0.05, 0.1) is 12.8 Å². The summed E-state index contributed by atoms with van der Waals surface area (Å²) >= 11 is 0. The maximum atomic E-state index is 12.2. The number of aliphatic hydroxyl groups is 1. The van der Waals surface area contributed by atoms with Crippen LogP contribution in [0.1, 0.15) is 13.3 Å². The van der Waals surface area contributed by atoms with Crippen LogP contribution in [0.15, 0.2) is 17.3 Å². The zero-order valence-electron chi connectivity index (χ0n) is 11.3. The van der Waals surface area contributed by atoms with E-state index < -0.39 is 10.0 Å². The number of sulfonamides is 1. The van der Waals surface area contributed by atoms with Crippen LogP contribution in [0.4, 0.5) is 0 Å². The molecule has 8 heteroatoms. The molecule has 0 spiro atoms. The molecule has 0 aliphatic heterocycles. The van der Waals surface area contributed by atoms with Crippen molar-refractivity contribution in [3.8, 4) is 0 Å². The molecule has 1 heterocycles. The minimum Gasteiger partial charge on any atom is -0.396 e. The lowest BCUT2D eigenvalue weighted by molar-refractivity contribution is 0.138. The van der Waals surface area contributed by atoms with Crippen molar-refractivity contribution in [1.29, 1.82) is 0 Å². The van der Waals surface area contributed by atoms with E-state index in [9.17, 15) is 8.42 Å². The predicted octanol–water partition coefficient (Wildman–Crippen LogP) is -0.0775. The minimum absolute atomic E-state index is 0.0518. The highest BCUT2D eigenvalue weighted by atomic mass is 32.2. The number of aromatic nitrogens is 2. The Morgan fingerprint density at radius 3 is 2.89 bits per heavy atom. The number of hydrogen-bond acceptors (Lipinski definition) is 5. The molecule has 1 aromatic rings. The van der Waals surface area contributed by atoms with Crippen LogP contribution in [0.3, 0.4) is 0 Å². The predicted molar refractivity (Wildman–Crippen MR) is 70.2 cm³/mol. The van der Waals surface area contributed by atoms with Crippen LogP contribution < -0.4 is 0 Å². The third-order valence-electron chi connectivity index (χ3n) is 2.62. The molecular formula is C11H21N3O4S. The maximum Gasteiger partial charge on any atom is 0.246 e. The Hall–Kier alpha value is -0.960. The Bertz CT molecular complexity index is 472. The molecule has 110 valence electrons. The van der Waals surface area contributed by atoms with Crippen molar-refractivity contribution in [1.82, 2.24) is 14.1 Å². The van der Waals surface area contributed by atoms with Crippen molar-refractivity contribution in [2.24, 2.45) is 0 Å². The van der Waals surface area contributed by atoms with Gasteiger partial charge in [0.1, 0.15) is 4.90 Å². The second-order valence-corrected chi connectivity index (χ2v) is 6.08. The maximum absolute atomic E-state index is 12.2. The van der Waals surface area contributed by atoms with Crippen molar-refractivity contribution in [2.75, 3.05) is 33.4 Å². The highest BCUT2D eigenvalue weighted by molar-refractivity contribution is 7.89. The Labute approximate surface area is 113 Å². The van der Waals surface area contributed by atoms with Crippen molar-refractivity contribution < 1.29 is 18.3 Å². The van der Waals surface area contributed by atoms with E-state index in [2.05, 4.69) is 5.10 Å². The smallest absolute Gasteiger partial charge is 0.246 e. The first-order valence-electron chi connectivity index (χ1n) is 6.19. The summed E-state index contributed by atoms with van der Waals surface area (Å²) in [6.07, 6.45) is 3.34. The summed E-state index contributed by atoms with van der Waals surface area (Å²) in [6, 6.07) is 0. The van der Waals surface area contributed by atoms with E-state index in [-0.39, 0.29) is 11.5 Å². The van der Waals surface area contributed by atoms with E-state index in [0.717, 1.165) is 0 Å². The quantitative estimate of drug-likeness (QED) is 0.643. The number of aliphatic hydroxyl groups excluding tert-OH is 1. The molecule has 1 aromatic heterocycles. The molecule has 7 nitrogen and oxygen atoms in total. The zero-order chi connectivity index (χ0) is 14.3. The van der Waals surface area contributed by atoms with Crippen LogP contribution in [-0.2, 0) is 21.3 Å². The molecule has 0 aliphatic rings. The van der Waals surface area contributed by atoms with Crippen LogP contribution in [0.25, 0.3) is 0 Å². The van der Waals surface area contributed by atoms with Crippen molar-refractivity contribution >= 4 is 10.0 Å². The Morgan fingerprint density at radius 2 is 2.26 bits per heavy atom. The minimum atomic E-state index is -3.52. The Balaban J connectivity index is 2.68. The standard InChI is InChI=1S/C11H21N3O4S/c1-3-18-8-6-13(2)19(16,17)11-9-12-14(10-11)5-4-7-15/h9-10,15H,3-8H2,1-2H3. The SMILES string of the molecule is CCOCCN(C)S(=O)(=O)c1cnn(CCCO)c1. The molecule has 0 aromatic carbocycles. The van der Waals surface area contributed by atoms with Crippen LogP contribution in [-0.4, -0.2) is 61.0 Å². The van der Waals surface area contributed by atoms with E-state index in [1.807, 2.05) is 6.92 Å². The van der Waals surface area contributed by atoms with Gasteiger partial charge in [-0.1, -0.05) is 0 Å². The summed E-state index contributed by atoms with van der Waals surface area (Å²) in [5, 5.41) is 12.7. The fourth-order valence-electron chi connectivity index (χ4n) is 1.47. The molecule has 0 aliphatic carbocycles. The molecule has 1 rings (SSSR count). The highest BCUT2D eigenvalue weighted by Gasteiger charge is 2.22. The van der Waals surface area contributed by atoms with Gasteiger partial charge in [0.2, 0.25) is 10.0 Å². The summed E-state index contributed by atoms with van der Waals surface area (Å²) in [5.41, 5.74) is 0. The van der Waals surface area contributed by atoms with Crippen molar-refractivity contribution in [3.63, 3.8) is 0 Å². The number of rotatable bonds is 9. The summed E-state index contributed by atoms with van der Waals surface area (Å²) in [7, 11) is -2.00. The van der Waals surface area contributed by atoms with Gasteiger partial charge in [-0.3, -0.25) is 4.68 Å². The fourth-order valence-corrected chi connectivity index (χ4v) is 2.58. The van der Waals surface area contributed by atoms with E-state index in [1.54, 1.807) is 0 Å². The first-order valence-corrected chi connectivity index (χ1v) is 7.63. The topological polar surface area (TPSA) is 84.7 Å². The van der Waals surface area contributed by atoms with E-state index in [0.29, 0.717) is 32.7 Å². The van der Waals surface area contributed by atoms with Crippen LogP contribution >= 0.6 is 0 Å². The molecule has 19 heavy (non-hydrogen) atoms. The third kappa shape index (κ3) is 4.57. The van der Waals surface area contributed by atoms with E-state index in [4.69, 9.17) is 9.84 Å². The number of likely N-dealkylation sites (N-methyl/N-ethyl adjacent to an activating group) is 1. The molecule has 0 radical (unpaired) electrons. The van der Waals surface area contributed by atoms with Crippen LogP contribution in [0.2, 0.25) is 0 Å². The van der Waals surface area contributed by atoms with Gasteiger partial charge < -0.3 is 9.84 Å². The monoisotopic (exact) mass is 291 g/mol. The van der Waals surface area contributed by atoms with Gasteiger partial charge in [0.25, 0.3) is 0 Å². The first kappa shape index (κ1) is 16.1. The Morgan fingerprint density at radius 1 is 1.53 bits per heavy atom. The second-order valence-electron chi connectivity index (χ2n) is 4.04. The highest BCUT2D eigenvalue weighted by Crippen LogP contribution is 2.13. The van der Waals surface area contributed by atoms with Gasteiger partial charge in [-0.15, -0.1) is 0 Å². The third-order valence-corrected chi connectivity index (χ3v) is 4.43. The summed E-state index contributed by atoms with van der Waals surface area (Å²) in [6.45, 7) is 3.64. The summed E-state index contributed by atoms with van der Waals surface area (Å²) in [4.78, 5) is 0.157. The average Bonchev–Trinajstić information content (AvgIpc) is 2.85. The van der Waals surface area contributed by atoms with E-state index >= 15 is 0 Å². The van der Waals surface area contributed by atoms with Gasteiger partial charge in [-0.2, -0.15) is 9.40 Å². The Kier molecular flexibility index (Phi) is 6.43. The molecule has 0 bridgehead atoms. The van der Waals surface area contributed by atoms with Gasteiger partial charge in [0.15, 0.2) is 0 Å². The first-order chi connectivity index (χ1) is 9.02. The number of hydrogen-bond donors (Lipinski definition) is 1. The number of ether oxygens (including phenoxy) is 1. The zero-order valence-corrected chi connectivity index (χ0v) is 12.1. The summed E-state index contributed by atoms with van der Waals surface area (Å²) < 4.78 is 32.3. The molecule has 0 amide bonds. The van der Waals surface area contributed by atoms with Crippen LogP contribution in [0.5, 0.6) is 0 Å². The lowest BCUT2D eigenvalue weighted by Gasteiger charge is -2.15. The largest absolute Gasteiger partial charge is 0.396 e. The molecule has 0 saturated carbocycles. The number of aryl methyl sites for hydroxylation is 1. The van der Waals surface area contributed by atoms with Gasteiger partial charge in [-0.05, 0) is 13.3 Å². The molecule has 0 unspecified atom stereocenters. The van der Waals surface area contributed by atoms with Gasteiger partial charge >= 0.3 is 0 Å². The lowest BCUT2D eigenvalue weighted by atomic mass is 10.5. The van der Waals surface area contributed by atoms with Crippen molar-refractivity contribution in [3.05, 3.63) is 12.4 Å². The van der Waals surface area contributed by atoms with Gasteiger partial charge in [-0.25, -0.2) is 8.42 Å². The average molecular weight is 291 g/mol. The van der Waals surface area contributed by atoms with Crippen molar-refractivity contribution in [2.45, 2.75) is 24.8 Å². The fraction of sp³-hybridized carbons (Fsp3) is 0.727. The summed E-state index contributed by atoms with van der Waals surface area (Å²) in [5.74, 6) is 0.